The molecule has 1 heterocycles. The maximum absolute atomic E-state index is 12.4. The summed E-state index contributed by atoms with van der Waals surface area (Å²) in [7, 11) is 1.64. The molecule has 0 bridgehead atoms. The minimum Gasteiger partial charge on any atom is -0.496 e. The molecular formula is C14H13BrO2S. The molecule has 0 aliphatic rings. The van der Waals surface area contributed by atoms with Crippen LogP contribution in [0.3, 0.4) is 0 Å². The van der Waals surface area contributed by atoms with Gasteiger partial charge in [0.15, 0.2) is 0 Å². The highest BCUT2D eigenvalue weighted by Crippen LogP contribution is 2.27. The Morgan fingerprint density at radius 3 is 2.50 bits per heavy atom. The SMILES string of the molecule is COc1cc(C)c(C(=O)c2cc(Br)cs2)cc1C. The summed E-state index contributed by atoms with van der Waals surface area (Å²) in [4.78, 5) is 13.1. The van der Waals surface area contributed by atoms with Crippen molar-refractivity contribution in [1.29, 1.82) is 0 Å². The summed E-state index contributed by atoms with van der Waals surface area (Å²) in [5.41, 5.74) is 2.65. The predicted molar refractivity (Wildman–Crippen MR) is 77.9 cm³/mol. The number of thiophene rings is 1. The molecule has 4 heteroatoms. The van der Waals surface area contributed by atoms with Crippen molar-refractivity contribution in [2.24, 2.45) is 0 Å². The van der Waals surface area contributed by atoms with Crippen LogP contribution >= 0.6 is 27.3 Å². The smallest absolute Gasteiger partial charge is 0.203 e. The van der Waals surface area contributed by atoms with Crippen molar-refractivity contribution in [3.8, 4) is 5.75 Å². The Morgan fingerprint density at radius 2 is 1.94 bits per heavy atom. The summed E-state index contributed by atoms with van der Waals surface area (Å²) in [6.07, 6.45) is 0. The van der Waals surface area contributed by atoms with Crippen molar-refractivity contribution >= 4 is 33.0 Å². The fourth-order valence-electron chi connectivity index (χ4n) is 1.82. The minimum absolute atomic E-state index is 0.0638. The van der Waals surface area contributed by atoms with Crippen molar-refractivity contribution in [2.75, 3.05) is 7.11 Å². The van der Waals surface area contributed by atoms with Crippen molar-refractivity contribution in [3.05, 3.63) is 49.6 Å². The van der Waals surface area contributed by atoms with Crippen molar-refractivity contribution < 1.29 is 9.53 Å². The number of carbonyl (C=O) groups excluding carboxylic acids is 1. The molecular weight excluding hydrogens is 312 g/mol. The third-order valence-corrected chi connectivity index (χ3v) is 4.47. The number of methoxy groups -OCH3 is 1. The molecule has 0 aliphatic heterocycles. The second kappa shape index (κ2) is 5.24. The average Bonchev–Trinajstić information content (AvgIpc) is 2.77. The Bertz CT molecular complexity index is 602. The predicted octanol–water partition coefficient (Wildman–Crippen LogP) is 4.37. The number of ketones is 1. The van der Waals surface area contributed by atoms with Crippen molar-refractivity contribution in [1.82, 2.24) is 0 Å². The molecule has 18 heavy (non-hydrogen) atoms. The summed E-state index contributed by atoms with van der Waals surface area (Å²) >= 11 is 4.82. The number of carbonyl (C=O) groups is 1. The molecule has 0 unspecified atom stereocenters. The van der Waals surface area contributed by atoms with E-state index < -0.39 is 0 Å². The molecule has 94 valence electrons. The number of ether oxygens (including phenoxy) is 1. The molecule has 0 N–H and O–H groups in total. The van der Waals surface area contributed by atoms with Crippen LogP contribution in [0.5, 0.6) is 5.75 Å². The fourth-order valence-corrected chi connectivity index (χ4v) is 3.20. The first-order valence-corrected chi connectivity index (χ1v) is 7.14. The lowest BCUT2D eigenvalue weighted by molar-refractivity contribution is 0.104. The Hall–Kier alpha value is -1.13. The molecule has 0 spiro atoms. The van der Waals surface area contributed by atoms with Gasteiger partial charge in [-0.2, -0.15) is 0 Å². The summed E-state index contributed by atoms with van der Waals surface area (Å²) in [6.45, 7) is 3.87. The molecule has 0 amide bonds. The first kappa shape index (κ1) is 13.3. The summed E-state index contributed by atoms with van der Waals surface area (Å²) in [5.74, 6) is 0.880. The van der Waals surface area contributed by atoms with Crippen LogP contribution in [0.25, 0.3) is 0 Å². The number of halogens is 1. The van der Waals surface area contributed by atoms with Gasteiger partial charge >= 0.3 is 0 Å². The van der Waals surface area contributed by atoms with Gasteiger partial charge in [0, 0.05) is 15.4 Å². The molecule has 2 rings (SSSR count). The zero-order valence-corrected chi connectivity index (χ0v) is 12.8. The quantitative estimate of drug-likeness (QED) is 0.784. The number of hydrogen-bond donors (Lipinski definition) is 0. The van der Waals surface area contributed by atoms with Gasteiger partial charge in [-0.1, -0.05) is 0 Å². The highest BCUT2D eigenvalue weighted by Gasteiger charge is 2.15. The molecule has 1 aromatic carbocycles. The van der Waals surface area contributed by atoms with Crippen LogP contribution in [-0.4, -0.2) is 12.9 Å². The Balaban J connectivity index is 2.45. The minimum atomic E-state index is 0.0638. The molecule has 2 aromatic rings. The molecule has 0 radical (unpaired) electrons. The maximum Gasteiger partial charge on any atom is 0.203 e. The van der Waals surface area contributed by atoms with E-state index in [1.54, 1.807) is 7.11 Å². The maximum atomic E-state index is 12.4. The largest absolute Gasteiger partial charge is 0.496 e. The van der Waals surface area contributed by atoms with Gasteiger partial charge < -0.3 is 4.74 Å². The third-order valence-electron chi connectivity index (χ3n) is 2.78. The van der Waals surface area contributed by atoms with E-state index in [4.69, 9.17) is 4.74 Å². The Kier molecular flexibility index (Phi) is 3.88. The van der Waals surface area contributed by atoms with Gasteiger partial charge in [-0.15, -0.1) is 11.3 Å². The lowest BCUT2D eigenvalue weighted by atomic mass is 10.0. The molecule has 0 aliphatic carbocycles. The number of rotatable bonds is 3. The highest BCUT2D eigenvalue weighted by molar-refractivity contribution is 9.10. The van der Waals surface area contributed by atoms with Crippen LogP contribution in [-0.2, 0) is 0 Å². The lowest BCUT2D eigenvalue weighted by Gasteiger charge is -2.09. The van der Waals surface area contributed by atoms with E-state index in [2.05, 4.69) is 15.9 Å². The number of aryl methyl sites for hydroxylation is 2. The van der Waals surface area contributed by atoms with Crippen LogP contribution in [0, 0.1) is 13.8 Å². The Labute approximate surface area is 119 Å². The molecule has 1 aromatic heterocycles. The third kappa shape index (κ3) is 2.49. The van der Waals surface area contributed by atoms with Crippen molar-refractivity contribution in [3.63, 3.8) is 0 Å². The van der Waals surface area contributed by atoms with Crippen LogP contribution in [0.15, 0.2) is 28.1 Å². The van der Waals surface area contributed by atoms with Gasteiger partial charge in [0.2, 0.25) is 5.78 Å². The molecule has 0 atom stereocenters. The fraction of sp³-hybridized carbons (Fsp3) is 0.214. The Morgan fingerprint density at radius 1 is 1.22 bits per heavy atom. The van der Waals surface area contributed by atoms with E-state index in [0.29, 0.717) is 0 Å². The van der Waals surface area contributed by atoms with Crippen molar-refractivity contribution in [2.45, 2.75) is 13.8 Å². The average molecular weight is 325 g/mol. The standard InChI is InChI=1S/C14H13BrO2S/c1-8-5-12(17-3)9(2)4-11(8)14(16)13-6-10(15)7-18-13/h4-7H,1-3H3. The van der Waals surface area contributed by atoms with E-state index in [9.17, 15) is 4.79 Å². The zero-order valence-electron chi connectivity index (χ0n) is 10.4. The lowest BCUT2D eigenvalue weighted by Crippen LogP contribution is -2.03. The first-order valence-electron chi connectivity index (χ1n) is 5.47. The highest BCUT2D eigenvalue weighted by atomic mass is 79.9. The van der Waals surface area contributed by atoms with E-state index in [1.807, 2.05) is 37.4 Å². The second-order valence-electron chi connectivity index (χ2n) is 4.10. The summed E-state index contributed by atoms with van der Waals surface area (Å²) in [5, 5.41) is 1.92. The molecule has 0 fully saturated rings. The number of benzene rings is 1. The summed E-state index contributed by atoms with van der Waals surface area (Å²) in [6, 6.07) is 5.65. The van der Waals surface area contributed by atoms with Gasteiger partial charge in [-0.25, -0.2) is 0 Å². The second-order valence-corrected chi connectivity index (χ2v) is 5.92. The van der Waals surface area contributed by atoms with Gasteiger partial charge in [0.1, 0.15) is 5.75 Å². The van der Waals surface area contributed by atoms with Crippen LogP contribution in [0.1, 0.15) is 26.4 Å². The van der Waals surface area contributed by atoms with Crippen LogP contribution in [0.4, 0.5) is 0 Å². The monoisotopic (exact) mass is 324 g/mol. The van der Waals surface area contributed by atoms with Gasteiger partial charge in [0.05, 0.1) is 12.0 Å². The van der Waals surface area contributed by atoms with E-state index in [0.717, 1.165) is 31.8 Å². The van der Waals surface area contributed by atoms with Gasteiger partial charge in [0.25, 0.3) is 0 Å². The van der Waals surface area contributed by atoms with Gasteiger partial charge in [-0.3, -0.25) is 4.79 Å². The first-order chi connectivity index (χ1) is 8.52. The van der Waals surface area contributed by atoms with E-state index >= 15 is 0 Å². The topological polar surface area (TPSA) is 26.3 Å². The van der Waals surface area contributed by atoms with E-state index in [1.165, 1.54) is 11.3 Å². The van der Waals surface area contributed by atoms with Crippen LogP contribution in [0.2, 0.25) is 0 Å². The number of hydrogen-bond acceptors (Lipinski definition) is 3. The zero-order chi connectivity index (χ0) is 13.3. The van der Waals surface area contributed by atoms with Gasteiger partial charge in [-0.05, 0) is 59.1 Å². The summed E-state index contributed by atoms with van der Waals surface area (Å²) < 4.78 is 6.20. The molecule has 0 saturated carbocycles. The molecule has 0 saturated heterocycles. The normalized spacial score (nSPS) is 10.4. The molecule has 2 nitrogen and oxygen atoms in total. The van der Waals surface area contributed by atoms with Crippen LogP contribution < -0.4 is 4.74 Å². The van der Waals surface area contributed by atoms with E-state index in [-0.39, 0.29) is 5.78 Å².